The Morgan fingerprint density at radius 1 is 1.00 bits per heavy atom. The van der Waals surface area contributed by atoms with Crippen LogP contribution in [0.25, 0.3) is 0 Å². The molecule has 0 aliphatic heterocycles. The highest BCUT2D eigenvalue weighted by Gasteiger charge is 2.15. The fraction of sp³-hybridized carbons (Fsp3) is 0.400. The molecule has 0 bridgehead atoms. The van der Waals surface area contributed by atoms with Crippen LogP contribution < -0.4 is 15.8 Å². The first-order chi connectivity index (χ1) is 15.5. The zero-order valence-corrected chi connectivity index (χ0v) is 19.5. The number of rotatable bonds is 13. The second-order valence-corrected chi connectivity index (χ2v) is 8.02. The number of amides is 2. The zero-order chi connectivity index (χ0) is 23.2. The number of nitrogens with one attached hydrogen (secondary N) is 1. The van der Waals surface area contributed by atoms with Crippen LogP contribution in [0.4, 0.5) is 0 Å². The molecule has 2 aromatic rings. The second-order valence-electron chi connectivity index (χ2n) is 7.63. The van der Waals surface area contributed by atoms with E-state index in [2.05, 4.69) is 12.2 Å². The number of hydrogen-bond donors (Lipinski definition) is 2. The van der Waals surface area contributed by atoms with Crippen molar-refractivity contribution >= 4 is 29.1 Å². The molecule has 6 nitrogen and oxygen atoms in total. The lowest BCUT2D eigenvalue weighted by Gasteiger charge is -2.25. The molecule has 0 saturated heterocycles. The molecule has 0 aromatic heterocycles. The molecule has 7 heteroatoms. The third-order valence-electron chi connectivity index (χ3n) is 5.03. The van der Waals surface area contributed by atoms with Gasteiger partial charge in [-0.25, -0.2) is 0 Å². The first kappa shape index (κ1) is 25.3. The minimum Gasteiger partial charge on any atom is -0.494 e. The van der Waals surface area contributed by atoms with Crippen LogP contribution in [0.15, 0.2) is 54.6 Å². The summed E-state index contributed by atoms with van der Waals surface area (Å²) in [7, 11) is 0. The Balaban J connectivity index is 1.89. The van der Waals surface area contributed by atoms with Crippen molar-refractivity contribution in [2.45, 2.75) is 45.4 Å². The minimum absolute atomic E-state index is 0.162. The van der Waals surface area contributed by atoms with Crippen LogP contribution in [0.3, 0.4) is 0 Å². The van der Waals surface area contributed by atoms with Crippen molar-refractivity contribution < 1.29 is 14.3 Å². The maximum absolute atomic E-state index is 12.7. The van der Waals surface area contributed by atoms with Crippen molar-refractivity contribution in [2.24, 2.45) is 5.73 Å². The van der Waals surface area contributed by atoms with E-state index in [1.165, 1.54) is 12.8 Å². The van der Waals surface area contributed by atoms with Gasteiger partial charge in [0.1, 0.15) is 5.75 Å². The summed E-state index contributed by atoms with van der Waals surface area (Å²) in [5.74, 6) is 0.0361. The third kappa shape index (κ3) is 9.47. The number of ether oxygens (including phenoxy) is 1. The molecule has 32 heavy (non-hydrogen) atoms. The summed E-state index contributed by atoms with van der Waals surface area (Å²) < 4.78 is 5.73. The fourth-order valence-corrected chi connectivity index (χ4v) is 3.41. The van der Waals surface area contributed by atoms with E-state index in [0.717, 1.165) is 30.6 Å². The van der Waals surface area contributed by atoms with E-state index in [9.17, 15) is 9.59 Å². The number of unbranched alkanes of at least 4 members (excludes halogenated alkanes) is 3. The van der Waals surface area contributed by atoms with Gasteiger partial charge in [-0.3, -0.25) is 14.9 Å². The Hall–Kier alpha value is -2.93. The second kappa shape index (κ2) is 14.2. The van der Waals surface area contributed by atoms with Crippen LogP contribution in [-0.4, -0.2) is 41.5 Å². The summed E-state index contributed by atoms with van der Waals surface area (Å²) in [5, 5.41) is 3.05. The Morgan fingerprint density at radius 2 is 1.72 bits per heavy atom. The topological polar surface area (TPSA) is 84.7 Å². The Kier molecular flexibility index (Phi) is 11.2. The molecular formula is C25H33N3O3S. The van der Waals surface area contributed by atoms with E-state index in [1.807, 2.05) is 30.3 Å². The van der Waals surface area contributed by atoms with Gasteiger partial charge in [0.05, 0.1) is 6.61 Å². The predicted octanol–water partition coefficient (Wildman–Crippen LogP) is 4.08. The van der Waals surface area contributed by atoms with Crippen LogP contribution in [0.2, 0.25) is 0 Å². The molecule has 0 unspecified atom stereocenters. The molecular weight excluding hydrogens is 422 g/mol. The van der Waals surface area contributed by atoms with Crippen LogP contribution in [0.5, 0.6) is 5.75 Å². The highest BCUT2D eigenvalue weighted by Crippen LogP contribution is 2.13. The van der Waals surface area contributed by atoms with Crippen LogP contribution in [0, 0.1) is 0 Å². The molecule has 2 aromatic carbocycles. The highest BCUT2D eigenvalue weighted by molar-refractivity contribution is 7.80. The monoisotopic (exact) mass is 455 g/mol. The summed E-state index contributed by atoms with van der Waals surface area (Å²) in [6.45, 7) is 3.77. The predicted molar refractivity (Wildman–Crippen MR) is 132 cm³/mol. The van der Waals surface area contributed by atoms with Gasteiger partial charge in [-0.05, 0) is 54.9 Å². The number of carbonyl (C=O) groups is 2. The SMILES string of the molecule is CCCCCCOc1ccc(C(=O)NC(=S)N(CCC(N)=O)CCc2ccccc2)cc1. The van der Waals surface area contributed by atoms with E-state index >= 15 is 0 Å². The fourth-order valence-electron chi connectivity index (χ4n) is 3.14. The van der Waals surface area contributed by atoms with E-state index in [-0.39, 0.29) is 17.4 Å². The van der Waals surface area contributed by atoms with E-state index in [4.69, 9.17) is 22.7 Å². The summed E-state index contributed by atoms with van der Waals surface area (Å²) in [6.07, 6.45) is 5.48. The van der Waals surface area contributed by atoms with Gasteiger partial charge in [-0.2, -0.15) is 0 Å². The number of benzene rings is 2. The average Bonchev–Trinajstić information content (AvgIpc) is 2.79. The maximum atomic E-state index is 12.7. The van der Waals surface area contributed by atoms with Gasteiger partial charge in [0.15, 0.2) is 5.11 Å². The maximum Gasteiger partial charge on any atom is 0.257 e. The highest BCUT2D eigenvalue weighted by atomic mass is 32.1. The number of carbonyl (C=O) groups excluding carboxylic acids is 2. The summed E-state index contributed by atoms with van der Waals surface area (Å²) >= 11 is 5.45. The van der Waals surface area contributed by atoms with Crippen molar-refractivity contribution in [2.75, 3.05) is 19.7 Å². The number of primary amides is 1. The Bertz CT molecular complexity index is 856. The van der Waals surface area contributed by atoms with Gasteiger partial charge >= 0.3 is 0 Å². The van der Waals surface area contributed by atoms with Crippen molar-refractivity contribution in [3.63, 3.8) is 0 Å². The number of hydrogen-bond acceptors (Lipinski definition) is 4. The zero-order valence-electron chi connectivity index (χ0n) is 18.7. The van der Waals surface area contributed by atoms with Crippen molar-refractivity contribution in [3.05, 3.63) is 65.7 Å². The van der Waals surface area contributed by atoms with Gasteiger partial charge in [-0.15, -0.1) is 0 Å². The van der Waals surface area contributed by atoms with Crippen LogP contribution >= 0.6 is 12.2 Å². The summed E-state index contributed by atoms with van der Waals surface area (Å²) in [6, 6.07) is 17.0. The van der Waals surface area contributed by atoms with Crippen molar-refractivity contribution in [3.8, 4) is 5.75 Å². The lowest BCUT2D eigenvalue weighted by molar-refractivity contribution is -0.118. The standard InChI is InChI=1S/C25H33N3O3S/c1-2-3-4-8-19-31-22-13-11-21(12-14-22)24(30)27-25(32)28(18-16-23(26)29)17-15-20-9-6-5-7-10-20/h5-7,9-14H,2-4,8,15-19H2,1H3,(H2,26,29)(H,27,30,32). The van der Waals surface area contributed by atoms with E-state index in [1.54, 1.807) is 29.2 Å². The van der Waals surface area contributed by atoms with Gasteiger partial charge < -0.3 is 15.4 Å². The van der Waals surface area contributed by atoms with E-state index in [0.29, 0.717) is 25.3 Å². The van der Waals surface area contributed by atoms with Crippen LogP contribution in [-0.2, 0) is 11.2 Å². The lowest BCUT2D eigenvalue weighted by Crippen LogP contribution is -2.44. The molecule has 3 N–H and O–H groups in total. The molecule has 0 radical (unpaired) electrons. The first-order valence-electron chi connectivity index (χ1n) is 11.1. The normalized spacial score (nSPS) is 10.4. The van der Waals surface area contributed by atoms with Gasteiger partial charge in [-0.1, -0.05) is 56.5 Å². The largest absolute Gasteiger partial charge is 0.494 e. The quantitative estimate of drug-likeness (QED) is 0.351. The molecule has 172 valence electrons. The molecule has 0 fully saturated rings. The number of nitrogens with zero attached hydrogens (tertiary/aromatic N) is 1. The van der Waals surface area contributed by atoms with Crippen molar-refractivity contribution in [1.29, 1.82) is 0 Å². The van der Waals surface area contributed by atoms with Crippen molar-refractivity contribution in [1.82, 2.24) is 10.2 Å². The molecule has 2 amide bonds. The molecule has 2 rings (SSSR count). The molecule has 0 heterocycles. The number of thiocarbonyl (C=S) groups is 1. The van der Waals surface area contributed by atoms with E-state index < -0.39 is 5.91 Å². The summed E-state index contributed by atoms with van der Waals surface area (Å²) in [5.41, 5.74) is 6.94. The average molecular weight is 456 g/mol. The smallest absolute Gasteiger partial charge is 0.257 e. The van der Waals surface area contributed by atoms with Crippen LogP contribution in [0.1, 0.15) is 54.9 Å². The molecule has 0 spiro atoms. The lowest BCUT2D eigenvalue weighted by atomic mass is 10.1. The van der Waals surface area contributed by atoms with Gasteiger partial charge in [0.25, 0.3) is 5.91 Å². The molecule has 0 saturated carbocycles. The van der Waals surface area contributed by atoms with Gasteiger partial charge in [0.2, 0.25) is 5.91 Å². The Labute approximate surface area is 196 Å². The summed E-state index contributed by atoms with van der Waals surface area (Å²) in [4.78, 5) is 25.7. The molecule has 0 aliphatic carbocycles. The first-order valence-corrected chi connectivity index (χ1v) is 11.6. The van der Waals surface area contributed by atoms with Gasteiger partial charge in [0, 0.05) is 25.1 Å². The third-order valence-corrected chi connectivity index (χ3v) is 5.39. The molecule has 0 aliphatic rings. The molecule has 0 atom stereocenters. The minimum atomic E-state index is -0.408. The number of nitrogens with two attached hydrogens (primary N) is 1. The Morgan fingerprint density at radius 3 is 2.38 bits per heavy atom.